The molecule has 2 aromatic rings. The van der Waals surface area contributed by atoms with E-state index in [-0.39, 0.29) is 69.0 Å². The molecule has 5 atom stereocenters. The Balaban J connectivity index is 1.50. The summed E-state index contributed by atoms with van der Waals surface area (Å²) in [5.41, 5.74) is 0.298. The van der Waals surface area contributed by atoms with Crippen LogP contribution in [0, 0.1) is 0 Å². The normalized spacial score (nSPS) is 22.5. The van der Waals surface area contributed by atoms with E-state index in [9.17, 15) is 24.0 Å². The van der Waals surface area contributed by atoms with Gasteiger partial charge in [-0.25, -0.2) is 9.59 Å². The van der Waals surface area contributed by atoms with Crippen LogP contribution in [0.1, 0.15) is 26.3 Å². The molecule has 310 valence electrons. The van der Waals surface area contributed by atoms with Crippen LogP contribution in [0.2, 0.25) is 0 Å². The van der Waals surface area contributed by atoms with E-state index in [1.54, 1.807) is 54.6 Å². The Labute approximate surface area is 339 Å². The lowest BCUT2D eigenvalue weighted by atomic mass is 10.0. The first-order valence-corrected chi connectivity index (χ1v) is 18.9. The van der Waals surface area contributed by atoms with E-state index in [2.05, 4.69) is 5.10 Å². The number of imide groups is 1. The maximum absolute atomic E-state index is 15.4. The van der Waals surface area contributed by atoms with Crippen molar-refractivity contribution in [2.24, 2.45) is 5.10 Å². The number of methoxy groups -OCH3 is 1. The van der Waals surface area contributed by atoms with Gasteiger partial charge in [-0.1, -0.05) is 30.3 Å². The summed E-state index contributed by atoms with van der Waals surface area (Å²) >= 11 is 6.03. The highest BCUT2D eigenvalue weighted by Crippen LogP contribution is 2.42. The number of hydrogen-bond donors (Lipinski definition) is 0. The fourth-order valence-electron chi connectivity index (χ4n) is 6.95. The van der Waals surface area contributed by atoms with Gasteiger partial charge in [0, 0.05) is 58.2 Å². The number of anilines is 1. The molecule has 0 bridgehead atoms. The van der Waals surface area contributed by atoms with E-state index in [1.165, 1.54) is 28.7 Å². The molecule has 5 amide bonds. The highest BCUT2D eigenvalue weighted by atomic mass is 32.1. The summed E-state index contributed by atoms with van der Waals surface area (Å²) in [4.78, 5) is 86.4. The number of fused-ring (bicyclic) bond motifs is 1. The Kier molecular flexibility index (Phi) is 13.5. The number of rotatable bonds is 10. The summed E-state index contributed by atoms with van der Waals surface area (Å²) < 4.78 is 39.4. The Morgan fingerprint density at radius 2 is 1.41 bits per heavy atom. The molecule has 0 N–H and O–H groups in total. The fraction of sp³-hybridized carbons (Fsp3) is 0.474. The van der Waals surface area contributed by atoms with Crippen molar-refractivity contribution in [1.82, 2.24) is 19.7 Å². The molecule has 0 saturated carbocycles. The molecule has 2 aromatic carbocycles. The molecular formula is C38H44N6O13S. The zero-order valence-corrected chi connectivity index (χ0v) is 33.2. The van der Waals surface area contributed by atoms with Gasteiger partial charge in [0.15, 0.2) is 29.3 Å². The topological polar surface area (TPSA) is 196 Å². The standard InChI is InChI=1S/C38H44N6O13S/c1-23(45)54-22-29(55-24(2)46)32-33(56-25(3)47)31-35(57-32)42(27-10-12-28(51-4)13-11-27)38(58)43(31)34(48)30(26-8-6-5-7-9-26)39-44(36(49)40-14-18-52-19-15-40)37(50)41-16-20-53-21-17-41/h5-13,29,31-33,35H,14-22H2,1-4H3/b39-30+/t29-,31-,32-,33-,35+/m1/s1. The number of benzene rings is 2. The molecular weight excluding hydrogens is 781 g/mol. The van der Waals surface area contributed by atoms with Gasteiger partial charge in [-0.15, -0.1) is 5.01 Å². The molecule has 0 aromatic heterocycles. The van der Waals surface area contributed by atoms with Crippen LogP contribution in [0.4, 0.5) is 15.3 Å². The predicted octanol–water partition coefficient (Wildman–Crippen LogP) is 1.76. The van der Waals surface area contributed by atoms with Gasteiger partial charge in [0.25, 0.3) is 5.91 Å². The molecule has 6 rings (SSSR count). The lowest BCUT2D eigenvalue weighted by molar-refractivity contribution is -0.175. The summed E-state index contributed by atoms with van der Waals surface area (Å²) in [5.74, 6) is -2.56. The first-order valence-electron chi connectivity index (χ1n) is 18.5. The van der Waals surface area contributed by atoms with Gasteiger partial charge in [0.2, 0.25) is 0 Å². The van der Waals surface area contributed by atoms with E-state index < -0.39 is 73.1 Å². The van der Waals surface area contributed by atoms with Gasteiger partial charge in [-0.2, -0.15) is 5.10 Å². The molecule has 0 aliphatic carbocycles. The van der Waals surface area contributed by atoms with Crippen LogP contribution >= 0.6 is 12.2 Å². The lowest BCUT2D eigenvalue weighted by Gasteiger charge is -2.34. The summed E-state index contributed by atoms with van der Waals surface area (Å²) in [6.07, 6.45) is -5.19. The SMILES string of the molecule is COc1ccc(N2C(=S)N(C(=O)/C(=N/N(C(=O)N3CCOCC3)C(=O)N3CCOCC3)c3ccccc3)[C@@H]3[C@@H](OC(C)=O)[C@@H]([C@@H](COC(C)=O)OC(C)=O)O[C@@H]32)cc1. The average Bonchev–Trinajstić information content (AvgIpc) is 3.71. The minimum absolute atomic E-state index is 0.112. The van der Waals surface area contributed by atoms with Crippen molar-refractivity contribution in [3.63, 3.8) is 0 Å². The van der Waals surface area contributed by atoms with E-state index in [0.717, 1.165) is 18.7 Å². The van der Waals surface area contributed by atoms with Crippen LogP contribution in [0.15, 0.2) is 59.7 Å². The van der Waals surface area contributed by atoms with Crippen LogP contribution in [-0.2, 0) is 47.6 Å². The molecule has 0 spiro atoms. The fourth-order valence-corrected chi connectivity index (χ4v) is 7.37. The monoisotopic (exact) mass is 824 g/mol. The van der Waals surface area contributed by atoms with E-state index in [1.807, 2.05) is 0 Å². The number of urea groups is 2. The second-order valence-electron chi connectivity index (χ2n) is 13.4. The summed E-state index contributed by atoms with van der Waals surface area (Å²) in [7, 11) is 1.50. The number of esters is 3. The molecule has 4 saturated heterocycles. The minimum atomic E-state index is -1.38. The Morgan fingerprint density at radius 1 is 0.828 bits per heavy atom. The smallest absolute Gasteiger partial charge is 0.349 e. The highest BCUT2D eigenvalue weighted by molar-refractivity contribution is 7.80. The molecule has 4 fully saturated rings. The summed E-state index contributed by atoms with van der Waals surface area (Å²) in [6.45, 7) is 4.62. The minimum Gasteiger partial charge on any atom is -0.497 e. The van der Waals surface area contributed by atoms with Crippen molar-refractivity contribution in [1.29, 1.82) is 0 Å². The van der Waals surface area contributed by atoms with E-state index in [4.69, 9.17) is 45.4 Å². The lowest BCUT2D eigenvalue weighted by Crippen LogP contribution is -2.55. The van der Waals surface area contributed by atoms with Crippen molar-refractivity contribution in [3.8, 4) is 5.75 Å². The number of ether oxygens (including phenoxy) is 7. The number of morpholine rings is 2. The Morgan fingerprint density at radius 3 is 1.93 bits per heavy atom. The molecule has 4 aliphatic heterocycles. The molecule has 58 heavy (non-hydrogen) atoms. The number of carbonyl (C=O) groups excluding carboxylic acids is 6. The van der Waals surface area contributed by atoms with Crippen molar-refractivity contribution in [2.45, 2.75) is 51.4 Å². The predicted molar refractivity (Wildman–Crippen MR) is 206 cm³/mol. The van der Waals surface area contributed by atoms with Gasteiger partial charge in [0.05, 0.1) is 33.5 Å². The van der Waals surface area contributed by atoms with E-state index >= 15 is 4.79 Å². The molecule has 4 heterocycles. The first-order chi connectivity index (χ1) is 27.9. The Bertz CT molecular complexity index is 1880. The van der Waals surface area contributed by atoms with Gasteiger partial charge < -0.3 is 43.0 Å². The van der Waals surface area contributed by atoms with E-state index in [0.29, 0.717) is 16.4 Å². The third kappa shape index (κ3) is 9.20. The van der Waals surface area contributed by atoms with Crippen LogP contribution in [0.3, 0.4) is 0 Å². The zero-order valence-electron chi connectivity index (χ0n) is 32.3. The maximum Gasteiger partial charge on any atom is 0.349 e. The van der Waals surface area contributed by atoms with Crippen LogP contribution in [0.5, 0.6) is 5.75 Å². The van der Waals surface area contributed by atoms with Crippen molar-refractivity contribution >= 4 is 64.6 Å². The van der Waals surface area contributed by atoms with Crippen LogP contribution < -0.4 is 9.64 Å². The second kappa shape index (κ2) is 18.7. The molecule has 19 nitrogen and oxygen atoms in total. The van der Waals surface area contributed by atoms with Crippen molar-refractivity contribution < 1.29 is 61.9 Å². The maximum atomic E-state index is 15.4. The van der Waals surface area contributed by atoms with Crippen LogP contribution in [0.25, 0.3) is 0 Å². The number of thiocarbonyl (C=S) groups is 1. The van der Waals surface area contributed by atoms with Crippen molar-refractivity contribution in [2.75, 3.05) is 71.2 Å². The molecule has 4 aliphatic rings. The largest absolute Gasteiger partial charge is 0.497 e. The van der Waals surface area contributed by atoms with Crippen molar-refractivity contribution in [3.05, 3.63) is 60.2 Å². The first kappa shape index (κ1) is 41.9. The third-order valence-corrected chi connectivity index (χ3v) is 9.99. The number of hydrogen-bond acceptors (Lipinski definition) is 15. The van der Waals surface area contributed by atoms with Gasteiger partial charge >= 0.3 is 30.0 Å². The number of hydrazone groups is 1. The molecule has 20 heteroatoms. The molecule has 0 unspecified atom stereocenters. The van der Waals surface area contributed by atoms with Gasteiger partial charge in [-0.05, 0) is 36.5 Å². The van der Waals surface area contributed by atoms with Gasteiger partial charge in [0.1, 0.15) is 24.5 Å². The summed E-state index contributed by atoms with van der Waals surface area (Å²) in [5, 5.41) is 5.12. The molecule has 0 radical (unpaired) electrons. The highest BCUT2D eigenvalue weighted by Gasteiger charge is 2.62. The summed E-state index contributed by atoms with van der Waals surface area (Å²) in [6, 6.07) is 12.1. The number of amides is 5. The third-order valence-electron chi connectivity index (χ3n) is 9.60. The van der Waals surface area contributed by atoms with Crippen LogP contribution in [-0.4, -0.2) is 163 Å². The average molecular weight is 825 g/mol. The number of carbonyl (C=O) groups is 6. The quantitative estimate of drug-likeness (QED) is 0.111. The second-order valence-corrected chi connectivity index (χ2v) is 13.8. The van der Waals surface area contributed by atoms with Gasteiger partial charge in [-0.3, -0.25) is 29.0 Å². The zero-order chi connectivity index (χ0) is 41.5. The number of nitrogens with zero attached hydrogens (tertiary/aromatic N) is 6. The Hall–Kier alpha value is -5.70.